The summed E-state index contributed by atoms with van der Waals surface area (Å²) in [5.41, 5.74) is 3.01. The van der Waals surface area contributed by atoms with E-state index >= 15 is 0 Å². The Morgan fingerprint density at radius 2 is 2.07 bits per heavy atom. The average Bonchev–Trinajstić information content (AvgIpc) is 3.34. The van der Waals surface area contributed by atoms with Crippen LogP contribution in [-0.4, -0.2) is 43.4 Å². The minimum absolute atomic E-state index is 0.243. The Kier molecular flexibility index (Phi) is 4.29. The van der Waals surface area contributed by atoms with Gasteiger partial charge in [-0.15, -0.1) is 0 Å². The van der Waals surface area contributed by atoms with Gasteiger partial charge in [-0.05, 0) is 37.0 Å². The van der Waals surface area contributed by atoms with Gasteiger partial charge >= 0.3 is 0 Å². The molecule has 0 spiro atoms. The van der Waals surface area contributed by atoms with Crippen LogP contribution in [-0.2, 0) is 11.3 Å². The van der Waals surface area contributed by atoms with Gasteiger partial charge in [0.1, 0.15) is 0 Å². The number of carbonyl (C=O) groups is 1. The summed E-state index contributed by atoms with van der Waals surface area (Å²) in [4.78, 5) is 14.7. The second-order valence-corrected chi connectivity index (χ2v) is 8.75. The van der Waals surface area contributed by atoms with Crippen molar-refractivity contribution in [3.63, 3.8) is 0 Å². The Morgan fingerprint density at radius 1 is 1.26 bits per heavy atom. The monoisotopic (exact) mass is 365 g/mol. The largest absolute Gasteiger partial charge is 0.339 e. The van der Waals surface area contributed by atoms with Crippen LogP contribution in [0.15, 0.2) is 36.8 Å². The topological polar surface area (TPSA) is 66.8 Å². The highest BCUT2D eigenvalue weighted by Gasteiger charge is 2.37. The number of benzene rings is 1. The summed E-state index contributed by atoms with van der Waals surface area (Å²) in [6.07, 6.45) is 6.67. The van der Waals surface area contributed by atoms with E-state index in [-0.39, 0.29) is 17.4 Å². The van der Waals surface area contributed by atoms with Gasteiger partial charge in [0.15, 0.2) is 0 Å². The molecule has 1 aliphatic rings. The number of aromatic nitrogens is 4. The van der Waals surface area contributed by atoms with E-state index in [2.05, 4.69) is 45.1 Å². The Morgan fingerprint density at radius 3 is 2.78 bits per heavy atom. The lowest BCUT2D eigenvalue weighted by molar-refractivity contribution is -0.140. The van der Waals surface area contributed by atoms with Gasteiger partial charge in [0.05, 0.1) is 17.9 Å². The van der Waals surface area contributed by atoms with Crippen LogP contribution in [0.2, 0.25) is 0 Å². The van der Waals surface area contributed by atoms with Gasteiger partial charge in [0.2, 0.25) is 5.91 Å². The van der Waals surface area contributed by atoms with Crippen molar-refractivity contribution in [2.75, 3.05) is 6.54 Å². The maximum atomic E-state index is 12.7. The Bertz CT molecular complexity index is 951. The predicted molar refractivity (Wildman–Crippen MR) is 106 cm³/mol. The molecule has 0 saturated carbocycles. The molecular weight excluding hydrogens is 338 g/mol. The van der Waals surface area contributed by atoms with Crippen molar-refractivity contribution in [2.45, 2.75) is 46.7 Å². The molecule has 4 rings (SSSR count). The molecule has 1 aliphatic heterocycles. The SMILES string of the molecule is CC1CC(Cn2ncc3cc(-c4cn[nH]c4)ccc32)CN1C(=O)C(C)(C)C. The predicted octanol–water partition coefficient (Wildman–Crippen LogP) is 3.71. The molecule has 6 heteroatoms. The maximum absolute atomic E-state index is 12.7. The number of fused-ring (bicyclic) bond motifs is 1. The Balaban J connectivity index is 1.52. The minimum Gasteiger partial charge on any atom is -0.339 e. The van der Waals surface area contributed by atoms with Crippen LogP contribution in [0, 0.1) is 11.3 Å². The van der Waals surface area contributed by atoms with E-state index in [4.69, 9.17) is 0 Å². The van der Waals surface area contributed by atoms with Crippen molar-refractivity contribution in [3.8, 4) is 11.1 Å². The smallest absolute Gasteiger partial charge is 0.228 e. The number of hydrogen-bond donors (Lipinski definition) is 1. The number of amides is 1. The molecule has 1 fully saturated rings. The van der Waals surface area contributed by atoms with Crippen LogP contribution in [0.4, 0.5) is 0 Å². The molecule has 3 aromatic rings. The minimum atomic E-state index is -0.328. The van der Waals surface area contributed by atoms with E-state index in [0.717, 1.165) is 41.5 Å². The van der Waals surface area contributed by atoms with E-state index in [0.29, 0.717) is 5.92 Å². The zero-order chi connectivity index (χ0) is 19.2. The van der Waals surface area contributed by atoms with Gasteiger partial charge in [-0.2, -0.15) is 10.2 Å². The number of aromatic amines is 1. The van der Waals surface area contributed by atoms with Crippen molar-refractivity contribution in [1.29, 1.82) is 0 Å². The fraction of sp³-hybridized carbons (Fsp3) is 0.476. The van der Waals surface area contributed by atoms with Crippen molar-refractivity contribution >= 4 is 16.8 Å². The van der Waals surface area contributed by atoms with Gasteiger partial charge in [0, 0.05) is 41.7 Å². The molecule has 1 N–H and O–H groups in total. The third-order valence-corrected chi connectivity index (χ3v) is 5.47. The molecule has 2 unspecified atom stereocenters. The fourth-order valence-electron chi connectivity index (χ4n) is 4.05. The van der Waals surface area contributed by atoms with Gasteiger partial charge in [-0.1, -0.05) is 26.8 Å². The number of likely N-dealkylation sites (tertiary alicyclic amines) is 1. The van der Waals surface area contributed by atoms with Crippen LogP contribution in [0.25, 0.3) is 22.0 Å². The summed E-state index contributed by atoms with van der Waals surface area (Å²) < 4.78 is 2.08. The quantitative estimate of drug-likeness (QED) is 0.769. The Labute approximate surface area is 159 Å². The van der Waals surface area contributed by atoms with Crippen LogP contribution >= 0.6 is 0 Å². The number of H-pyrrole nitrogens is 1. The first-order valence-electron chi connectivity index (χ1n) is 9.59. The summed E-state index contributed by atoms with van der Waals surface area (Å²) in [6, 6.07) is 6.67. The second-order valence-electron chi connectivity index (χ2n) is 8.75. The van der Waals surface area contributed by atoms with E-state index in [9.17, 15) is 4.79 Å². The van der Waals surface area contributed by atoms with Crippen molar-refractivity contribution < 1.29 is 4.79 Å². The van der Waals surface area contributed by atoms with Crippen LogP contribution < -0.4 is 0 Å². The molecule has 2 aromatic heterocycles. The van der Waals surface area contributed by atoms with Gasteiger partial charge in [-0.25, -0.2) is 0 Å². The number of hydrogen-bond acceptors (Lipinski definition) is 3. The molecule has 0 aliphatic carbocycles. The van der Waals surface area contributed by atoms with Crippen LogP contribution in [0.5, 0.6) is 0 Å². The highest BCUT2D eigenvalue weighted by atomic mass is 16.2. The highest BCUT2D eigenvalue weighted by molar-refractivity contribution is 5.84. The average molecular weight is 365 g/mol. The van der Waals surface area contributed by atoms with Crippen molar-refractivity contribution in [3.05, 3.63) is 36.8 Å². The summed E-state index contributed by atoms with van der Waals surface area (Å²) in [5.74, 6) is 0.676. The maximum Gasteiger partial charge on any atom is 0.228 e. The lowest BCUT2D eigenvalue weighted by Crippen LogP contribution is -2.41. The Hall–Kier alpha value is -2.63. The van der Waals surface area contributed by atoms with Gasteiger partial charge < -0.3 is 4.90 Å². The normalized spacial score (nSPS) is 20.5. The molecule has 1 amide bonds. The highest BCUT2D eigenvalue weighted by Crippen LogP contribution is 2.30. The van der Waals surface area contributed by atoms with Crippen molar-refractivity contribution in [2.24, 2.45) is 11.3 Å². The summed E-state index contributed by atoms with van der Waals surface area (Å²) in [5, 5.41) is 12.6. The molecule has 142 valence electrons. The zero-order valence-corrected chi connectivity index (χ0v) is 16.4. The second kappa shape index (κ2) is 6.51. The third kappa shape index (κ3) is 3.36. The lowest BCUT2D eigenvalue weighted by Gasteiger charge is -2.29. The first kappa shape index (κ1) is 17.8. The standard InChI is InChI=1S/C21H27N5O/c1-14-7-15(12-25(14)20(27)21(2,3)4)13-26-19-6-5-16(8-17(19)11-24-26)18-9-22-23-10-18/h5-6,8-11,14-15H,7,12-13H2,1-4H3,(H,22,23). The van der Waals surface area contributed by atoms with E-state index in [1.807, 2.05) is 44.3 Å². The van der Waals surface area contributed by atoms with E-state index in [1.165, 1.54) is 0 Å². The first-order chi connectivity index (χ1) is 12.8. The van der Waals surface area contributed by atoms with Gasteiger partial charge in [-0.3, -0.25) is 14.6 Å². The molecule has 27 heavy (non-hydrogen) atoms. The summed E-state index contributed by atoms with van der Waals surface area (Å²) in [7, 11) is 0. The molecule has 0 radical (unpaired) electrons. The number of rotatable bonds is 3. The third-order valence-electron chi connectivity index (χ3n) is 5.47. The summed E-state index contributed by atoms with van der Waals surface area (Å²) in [6.45, 7) is 9.79. The molecule has 0 bridgehead atoms. The zero-order valence-electron chi connectivity index (χ0n) is 16.4. The molecule has 1 aromatic carbocycles. The van der Waals surface area contributed by atoms with Crippen LogP contribution in [0.1, 0.15) is 34.1 Å². The number of carbonyl (C=O) groups excluding carboxylic acids is 1. The van der Waals surface area contributed by atoms with E-state index < -0.39 is 0 Å². The number of nitrogens with zero attached hydrogens (tertiary/aromatic N) is 4. The molecule has 1 saturated heterocycles. The first-order valence-corrected chi connectivity index (χ1v) is 9.59. The summed E-state index contributed by atoms with van der Waals surface area (Å²) >= 11 is 0. The molecule has 6 nitrogen and oxygen atoms in total. The number of nitrogens with one attached hydrogen (secondary N) is 1. The lowest BCUT2D eigenvalue weighted by atomic mass is 9.94. The van der Waals surface area contributed by atoms with Gasteiger partial charge in [0.25, 0.3) is 0 Å². The van der Waals surface area contributed by atoms with E-state index in [1.54, 1.807) is 0 Å². The van der Waals surface area contributed by atoms with Crippen LogP contribution in [0.3, 0.4) is 0 Å². The molecule has 3 heterocycles. The fourth-order valence-corrected chi connectivity index (χ4v) is 4.05. The van der Waals surface area contributed by atoms with Crippen molar-refractivity contribution in [1.82, 2.24) is 24.9 Å². The molecular formula is C21H27N5O. The molecule has 2 atom stereocenters.